The molecule has 1 aliphatic rings. The van der Waals surface area contributed by atoms with E-state index in [1.165, 1.54) is 27.8 Å². The Bertz CT molecular complexity index is 707. The zero-order valence-electron chi connectivity index (χ0n) is 14.5. The van der Waals surface area contributed by atoms with Gasteiger partial charge in [-0.15, -0.1) is 0 Å². The molecule has 0 bridgehead atoms. The lowest BCUT2D eigenvalue weighted by Gasteiger charge is -2.25. The minimum atomic E-state index is 0.804. The van der Waals surface area contributed by atoms with Gasteiger partial charge < -0.3 is 14.4 Å². The molecule has 0 fully saturated rings. The molecule has 0 N–H and O–H groups in total. The lowest BCUT2D eigenvalue weighted by atomic mass is 9.82. The average Bonchev–Trinajstić information content (AvgIpc) is 2.58. The second-order valence-corrected chi connectivity index (χ2v) is 6.33. The summed E-state index contributed by atoms with van der Waals surface area (Å²) < 4.78 is 11.2. The molecule has 3 heteroatoms. The number of benzene rings is 2. The number of rotatable bonds is 5. The van der Waals surface area contributed by atoms with E-state index in [9.17, 15) is 0 Å². The van der Waals surface area contributed by atoms with Crippen molar-refractivity contribution in [2.75, 3.05) is 34.9 Å². The predicted molar refractivity (Wildman–Crippen MR) is 94.6 cm³/mol. The van der Waals surface area contributed by atoms with Crippen molar-refractivity contribution in [2.45, 2.75) is 19.3 Å². The largest absolute Gasteiger partial charge is 0.493 e. The number of ether oxygens (including phenoxy) is 2. The summed E-state index contributed by atoms with van der Waals surface area (Å²) in [5.74, 6) is 1.66. The van der Waals surface area contributed by atoms with Gasteiger partial charge in [-0.1, -0.05) is 24.3 Å². The molecule has 2 aromatic rings. The van der Waals surface area contributed by atoms with Gasteiger partial charge in [-0.25, -0.2) is 0 Å². The molecule has 3 nitrogen and oxygen atoms in total. The molecule has 1 aliphatic carbocycles. The van der Waals surface area contributed by atoms with Gasteiger partial charge in [-0.2, -0.15) is 0 Å². The highest BCUT2D eigenvalue weighted by Gasteiger charge is 2.24. The minimum Gasteiger partial charge on any atom is -0.493 e. The van der Waals surface area contributed by atoms with E-state index in [1.54, 1.807) is 14.2 Å². The fourth-order valence-electron chi connectivity index (χ4n) is 3.47. The number of fused-ring (bicyclic) bond motifs is 3. The molecule has 0 saturated heterocycles. The third kappa shape index (κ3) is 2.93. The Labute approximate surface area is 138 Å². The first-order valence-corrected chi connectivity index (χ1v) is 8.15. The van der Waals surface area contributed by atoms with E-state index >= 15 is 0 Å². The standard InChI is InChI=1S/C20H25NO2/c1-21(2)13-12-14-6-5-7-17-16(14)10-8-15-9-11-18(22-3)20(23-4)19(15)17/h5-7,9,11H,8,10,12-13H2,1-4H3. The van der Waals surface area contributed by atoms with E-state index < -0.39 is 0 Å². The van der Waals surface area contributed by atoms with Crippen LogP contribution in [0.3, 0.4) is 0 Å². The molecule has 23 heavy (non-hydrogen) atoms. The molecular weight excluding hydrogens is 286 g/mol. The fraction of sp³-hybridized carbons (Fsp3) is 0.400. The quantitative estimate of drug-likeness (QED) is 0.842. The number of hydrogen-bond donors (Lipinski definition) is 0. The molecule has 0 aliphatic heterocycles. The van der Waals surface area contributed by atoms with Crippen LogP contribution in [0.15, 0.2) is 30.3 Å². The van der Waals surface area contributed by atoms with Gasteiger partial charge in [0.25, 0.3) is 0 Å². The highest BCUT2D eigenvalue weighted by atomic mass is 16.5. The first kappa shape index (κ1) is 15.9. The Hall–Kier alpha value is -2.00. The molecular formula is C20H25NO2. The highest BCUT2D eigenvalue weighted by Crippen LogP contribution is 2.45. The van der Waals surface area contributed by atoms with Gasteiger partial charge in [-0.3, -0.25) is 0 Å². The van der Waals surface area contributed by atoms with Crippen LogP contribution in [0.1, 0.15) is 16.7 Å². The second-order valence-electron chi connectivity index (χ2n) is 6.33. The molecule has 122 valence electrons. The molecule has 0 saturated carbocycles. The fourth-order valence-corrected chi connectivity index (χ4v) is 3.47. The van der Waals surface area contributed by atoms with Gasteiger partial charge in [0, 0.05) is 12.1 Å². The molecule has 3 rings (SSSR count). The summed E-state index contributed by atoms with van der Waals surface area (Å²) in [7, 11) is 7.67. The van der Waals surface area contributed by atoms with E-state index in [0.717, 1.165) is 37.3 Å². The van der Waals surface area contributed by atoms with Crippen molar-refractivity contribution in [3.63, 3.8) is 0 Å². The van der Waals surface area contributed by atoms with E-state index in [0.29, 0.717) is 0 Å². The van der Waals surface area contributed by atoms with E-state index in [4.69, 9.17) is 9.47 Å². The summed E-state index contributed by atoms with van der Waals surface area (Å²) in [5.41, 5.74) is 6.78. The van der Waals surface area contributed by atoms with Crippen LogP contribution in [-0.4, -0.2) is 39.8 Å². The normalized spacial score (nSPS) is 12.7. The van der Waals surface area contributed by atoms with Gasteiger partial charge in [0.15, 0.2) is 11.5 Å². The summed E-state index contributed by atoms with van der Waals surface area (Å²) in [6.45, 7) is 1.07. The monoisotopic (exact) mass is 311 g/mol. The Morgan fingerprint density at radius 1 is 1.00 bits per heavy atom. The van der Waals surface area contributed by atoms with Crippen LogP contribution in [0.25, 0.3) is 11.1 Å². The highest BCUT2D eigenvalue weighted by molar-refractivity contribution is 5.81. The van der Waals surface area contributed by atoms with Gasteiger partial charge in [-0.05, 0) is 61.7 Å². The van der Waals surface area contributed by atoms with Gasteiger partial charge in [0.2, 0.25) is 0 Å². The van der Waals surface area contributed by atoms with Gasteiger partial charge in [0.1, 0.15) is 0 Å². The maximum atomic E-state index is 5.70. The zero-order valence-corrected chi connectivity index (χ0v) is 14.5. The number of aryl methyl sites for hydroxylation is 1. The van der Waals surface area contributed by atoms with E-state index in [1.807, 2.05) is 6.07 Å². The molecule has 0 unspecified atom stereocenters. The first-order valence-electron chi connectivity index (χ1n) is 8.15. The Morgan fingerprint density at radius 2 is 1.83 bits per heavy atom. The third-order valence-electron chi connectivity index (χ3n) is 4.65. The maximum absolute atomic E-state index is 5.70. The first-order chi connectivity index (χ1) is 11.2. The zero-order chi connectivity index (χ0) is 16.4. The molecule has 2 aromatic carbocycles. The minimum absolute atomic E-state index is 0.804. The number of methoxy groups -OCH3 is 2. The SMILES string of the molecule is COc1ccc2c(c1OC)-c1cccc(CCN(C)C)c1CC2. The van der Waals surface area contributed by atoms with Crippen LogP contribution in [0, 0.1) is 0 Å². The Balaban J connectivity index is 2.12. The molecule has 0 aromatic heterocycles. The lowest BCUT2D eigenvalue weighted by molar-refractivity contribution is 0.355. The topological polar surface area (TPSA) is 21.7 Å². The van der Waals surface area contributed by atoms with Crippen LogP contribution in [0.2, 0.25) is 0 Å². The summed E-state index contributed by atoms with van der Waals surface area (Å²) in [5, 5.41) is 0. The lowest BCUT2D eigenvalue weighted by Crippen LogP contribution is -2.17. The van der Waals surface area contributed by atoms with Gasteiger partial charge in [0.05, 0.1) is 14.2 Å². The summed E-state index contributed by atoms with van der Waals surface area (Å²) in [6, 6.07) is 10.8. The van der Waals surface area contributed by atoms with Crippen LogP contribution >= 0.6 is 0 Å². The number of likely N-dealkylation sites (N-methyl/N-ethyl adjacent to an activating group) is 1. The van der Waals surface area contributed by atoms with Gasteiger partial charge >= 0.3 is 0 Å². The summed E-state index contributed by atoms with van der Waals surface area (Å²) >= 11 is 0. The Kier molecular flexibility index (Phi) is 4.58. The average molecular weight is 311 g/mol. The van der Waals surface area contributed by atoms with Crippen molar-refractivity contribution in [1.29, 1.82) is 0 Å². The van der Waals surface area contributed by atoms with Crippen molar-refractivity contribution in [1.82, 2.24) is 4.90 Å². The third-order valence-corrected chi connectivity index (χ3v) is 4.65. The van der Waals surface area contributed by atoms with Crippen molar-refractivity contribution in [2.24, 2.45) is 0 Å². The second kappa shape index (κ2) is 6.63. The van der Waals surface area contributed by atoms with Crippen molar-refractivity contribution in [3.8, 4) is 22.6 Å². The van der Waals surface area contributed by atoms with Crippen molar-refractivity contribution < 1.29 is 9.47 Å². The maximum Gasteiger partial charge on any atom is 0.168 e. The molecule has 0 spiro atoms. The van der Waals surface area contributed by atoms with Crippen LogP contribution < -0.4 is 9.47 Å². The molecule has 0 amide bonds. The molecule has 0 atom stereocenters. The predicted octanol–water partition coefficient (Wildman–Crippen LogP) is 3.57. The van der Waals surface area contributed by atoms with Crippen LogP contribution in [0.4, 0.5) is 0 Å². The molecule has 0 radical (unpaired) electrons. The van der Waals surface area contributed by atoms with E-state index in [2.05, 4.69) is 43.3 Å². The number of hydrogen-bond acceptors (Lipinski definition) is 3. The molecule has 0 heterocycles. The Morgan fingerprint density at radius 3 is 2.52 bits per heavy atom. The summed E-state index contributed by atoms with van der Waals surface area (Å²) in [6.07, 6.45) is 3.24. The van der Waals surface area contributed by atoms with Crippen LogP contribution in [-0.2, 0) is 19.3 Å². The van der Waals surface area contributed by atoms with Crippen molar-refractivity contribution in [3.05, 3.63) is 47.0 Å². The van der Waals surface area contributed by atoms with Crippen LogP contribution in [0.5, 0.6) is 11.5 Å². The smallest absolute Gasteiger partial charge is 0.168 e. The van der Waals surface area contributed by atoms with E-state index in [-0.39, 0.29) is 0 Å². The number of nitrogens with zero attached hydrogens (tertiary/aromatic N) is 1. The van der Waals surface area contributed by atoms with Crippen molar-refractivity contribution >= 4 is 0 Å². The summed E-state index contributed by atoms with van der Waals surface area (Å²) in [4.78, 5) is 2.24.